The van der Waals surface area contributed by atoms with Gasteiger partial charge in [0.2, 0.25) is 5.90 Å². The Morgan fingerprint density at radius 2 is 1.82 bits per heavy atom. The summed E-state index contributed by atoms with van der Waals surface area (Å²) in [7, 11) is 0. The average molecular weight is 594 g/mol. The molecule has 0 atom stereocenters. The lowest BCUT2D eigenvalue weighted by atomic mass is 10.1. The molecule has 3 aromatic rings. The largest absolute Gasteiger partial charge is 0.490 e. The Hall–Kier alpha value is -2.55. The van der Waals surface area contributed by atoms with Crippen LogP contribution in [0.1, 0.15) is 23.6 Å². The van der Waals surface area contributed by atoms with Gasteiger partial charge in [-0.05, 0) is 83.1 Å². The fourth-order valence-electron chi connectivity index (χ4n) is 3.13. The Labute approximate surface area is 215 Å². The summed E-state index contributed by atoms with van der Waals surface area (Å²) < 4.78 is 18.0. The van der Waals surface area contributed by atoms with Gasteiger partial charge in [-0.2, -0.15) is 0 Å². The Morgan fingerprint density at radius 1 is 1.06 bits per heavy atom. The number of esters is 1. The minimum Gasteiger partial charge on any atom is -0.490 e. The third kappa shape index (κ3) is 5.69. The first kappa shape index (κ1) is 23.6. The van der Waals surface area contributed by atoms with Crippen molar-refractivity contribution in [2.24, 2.45) is 4.99 Å². The molecule has 3 aromatic carbocycles. The van der Waals surface area contributed by atoms with Gasteiger partial charge in [-0.15, -0.1) is 0 Å². The molecular formula is C25H18Cl2INO4. The van der Waals surface area contributed by atoms with E-state index in [0.717, 1.165) is 14.7 Å². The first-order chi connectivity index (χ1) is 15.9. The number of carbonyl (C=O) groups excluding carboxylic acids is 1. The van der Waals surface area contributed by atoms with Crippen molar-refractivity contribution < 1.29 is 19.0 Å². The molecule has 0 fully saturated rings. The van der Waals surface area contributed by atoms with Crippen LogP contribution in [0.3, 0.4) is 0 Å². The molecule has 8 heteroatoms. The molecule has 4 rings (SSSR count). The first-order valence-electron chi connectivity index (χ1n) is 10.1. The molecule has 1 aliphatic rings. The van der Waals surface area contributed by atoms with Crippen molar-refractivity contribution in [3.05, 3.63) is 96.7 Å². The molecular weight excluding hydrogens is 576 g/mol. The molecule has 0 amide bonds. The van der Waals surface area contributed by atoms with E-state index in [2.05, 4.69) is 27.6 Å². The van der Waals surface area contributed by atoms with Gasteiger partial charge in [0, 0.05) is 5.02 Å². The molecule has 0 aromatic heterocycles. The molecule has 0 spiro atoms. The van der Waals surface area contributed by atoms with Crippen LogP contribution in [0.4, 0.5) is 0 Å². The van der Waals surface area contributed by atoms with Crippen LogP contribution in [0.2, 0.25) is 10.0 Å². The lowest BCUT2D eigenvalue weighted by molar-refractivity contribution is -0.129. The summed E-state index contributed by atoms with van der Waals surface area (Å²) >= 11 is 14.3. The zero-order valence-electron chi connectivity index (χ0n) is 17.5. The minimum absolute atomic E-state index is 0.179. The Morgan fingerprint density at radius 3 is 2.55 bits per heavy atom. The van der Waals surface area contributed by atoms with E-state index >= 15 is 0 Å². The van der Waals surface area contributed by atoms with E-state index in [1.165, 1.54) is 0 Å². The minimum atomic E-state index is -0.541. The normalized spacial score (nSPS) is 14.2. The van der Waals surface area contributed by atoms with Crippen LogP contribution < -0.4 is 9.47 Å². The van der Waals surface area contributed by atoms with Crippen LogP contribution in [-0.2, 0) is 16.1 Å². The molecule has 0 aliphatic carbocycles. The predicted octanol–water partition coefficient (Wildman–Crippen LogP) is 6.92. The van der Waals surface area contributed by atoms with E-state index in [1.807, 2.05) is 43.3 Å². The van der Waals surface area contributed by atoms with Gasteiger partial charge in [0.25, 0.3) is 0 Å². The van der Waals surface area contributed by atoms with Gasteiger partial charge in [-0.1, -0.05) is 47.5 Å². The van der Waals surface area contributed by atoms with Crippen LogP contribution in [0.15, 0.2) is 71.4 Å². The lowest BCUT2D eigenvalue weighted by Gasteiger charge is -2.15. The van der Waals surface area contributed by atoms with Crippen molar-refractivity contribution in [1.29, 1.82) is 0 Å². The molecule has 0 saturated heterocycles. The molecule has 0 saturated carbocycles. The van der Waals surface area contributed by atoms with Crippen LogP contribution >= 0.6 is 45.8 Å². The quantitative estimate of drug-likeness (QED) is 0.169. The third-order valence-electron chi connectivity index (χ3n) is 4.66. The predicted molar refractivity (Wildman–Crippen MR) is 138 cm³/mol. The molecule has 0 N–H and O–H groups in total. The van der Waals surface area contributed by atoms with Gasteiger partial charge in [-0.25, -0.2) is 9.79 Å². The van der Waals surface area contributed by atoms with Crippen molar-refractivity contribution in [2.45, 2.75) is 13.5 Å². The van der Waals surface area contributed by atoms with E-state index in [-0.39, 0.29) is 11.6 Å². The van der Waals surface area contributed by atoms with Gasteiger partial charge in [-0.3, -0.25) is 0 Å². The standard InChI is InChI=1S/C25H18Cl2INO4/c1-2-31-22-13-16(11-20(28)23(22)32-14-15-7-9-17(26)10-8-15)12-21-25(30)33-24(29-21)18-5-3-4-6-19(18)27/h3-13H,2,14H2,1H3/b21-12-. The van der Waals surface area contributed by atoms with Crippen molar-refractivity contribution in [3.8, 4) is 11.5 Å². The fourth-order valence-corrected chi connectivity index (χ4v) is 4.25. The summed E-state index contributed by atoms with van der Waals surface area (Å²) in [4.78, 5) is 16.7. The van der Waals surface area contributed by atoms with Gasteiger partial charge < -0.3 is 14.2 Å². The van der Waals surface area contributed by atoms with E-state index in [4.69, 9.17) is 37.4 Å². The number of halogens is 3. The molecule has 1 aliphatic heterocycles. The highest BCUT2D eigenvalue weighted by molar-refractivity contribution is 14.1. The summed E-state index contributed by atoms with van der Waals surface area (Å²) in [5.41, 5.74) is 2.46. The van der Waals surface area contributed by atoms with Gasteiger partial charge in [0.05, 0.1) is 20.8 Å². The zero-order valence-corrected chi connectivity index (χ0v) is 21.1. The summed E-state index contributed by atoms with van der Waals surface area (Å²) in [5.74, 6) is 0.844. The Kier molecular flexibility index (Phi) is 7.57. The summed E-state index contributed by atoms with van der Waals surface area (Å²) in [6.45, 7) is 2.73. The van der Waals surface area contributed by atoms with Gasteiger partial charge >= 0.3 is 5.97 Å². The number of carbonyl (C=O) groups is 1. The zero-order chi connectivity index (χ0) is 23.4. The summed E-state index contributed by atoms with van der Waals surface area (Å²) in [5, 5.41) is 1.13. The number of aliphatic imine (C=N–C) groups is 1. The molecule has 0 unspecified atom stereocenters. The third-order valence-corrected chi connectivity index (χ3v) is 6.04. The van der Waals surface area contributed by atoms with Crippen molar-refractivity contribution in [3.63, 3.8) is 0 Å². The van der Waals surface area contributed by atoms with Crippen molar-refractivity contribution >= 4 is 63.7 Å². The highest BCUT2D eigenvalue weighted by Gasteiger charge is 2.25. The van der Waals surface area contributed by atoms with Crippen LogP contribution in [0, 0.1) is 3.57 Å². The fraction of sp³-hybridized carbons (Fsp3) is 0.120. The first-order valence-corrected chi connectivity index (χ1v) is 11.9. The van der Waals surface area contributed by atoms with E-state index in [9.17, 15) is 4.79 Å². The van der Waals surface area contributed by atoms with Crippen LogP contribution in [-0.4, -0.2) is 18.5 Å². The molecule has 0 radical (unpaired) electrons. The second-order valence-corrected chi connectivity index (χ2v) is 9.00. The number of nitrogens with zero attached hydrogens (tertiary/aromatic N) is 1. The molecule has 0 bridgehead atoms. The maximum absolute atomic E-state index is 12.4. The average Bonchev–Trinajstić information content (AvgIpc) is 3.15. The summed E-state index contributed by atoms with van der Waals surface area (Å²) in [6.07, 6.45) is 1.65. The molecule has 33 heavy (non-hydrogen) atoms. The Balaban J connectivity index is 1.61. The number of hydrogen-bond donors (Lipinski definition) is 0. The number of rotatable bonds is 7. The van der Waals surface area contributed by atoms with Crippen LogP contribution in [0.25, 0.3) is 6.08 Å². The van der Waals surface area contributed by atoms with Crippen molar-refractivity contribution in [2.75, 3.05) is 6.61 Å². The van der Waals surface area contributed by atoms with E-state index in [1.54, 1.807) is 30.3 Å². The number of cyclic esters (lactones) is 1. The Bertz CT molecular complexity index is 1260. The molecule has 5 nitrogen and oxygen atoms in total. The smallest absolute Gasteiger partial charge is 0.363 e. The molecule has 168 valence electrons. The molecule has 1 heterocycles. The lowest BCUT2D eigenvalue weighted by Crippen LogP contribution is -2.05. The number of ether oxygens (including phenoxy) is 3. The van der Waals surface area contributed by atoms with E-state index in [0.29, 0.717) is 40.3 Å². The monoisotopic (exact) mass is 593 g/mol. The second-order valence-electron chi connectivity index (χ2n) is 6.99. The highest BCUT2D eigenvalue weighted by Crippen LogP contribution is 2.36. The summed E-state index contributed by atoms with van der Waals surface area (Å²) in [6, 6.07) is 18.2. The highest BCUT2D eigenvalue weighted by atomic mass is 127. The van der Waals surface area contributed by atoms with Crippen molar-refractivity contribution in [1.82, 2.24) is 0 Å². The maximum atomic E-state index is 12.4. The maximum Gasteiger partial charge on any atom is 0.363 e. The SMILES string of the molecule is CCOc1cc(/C=C2\N=C(c3ccccc3Cl)OC2=O)cc(I)c1OCc1ccc(Cl)cc1. The van der Waals surface area contributed by atoms with Crippen LogP contribution in [0.5, 0.6) is 11.5 Å². The van der Waals surface area contributed by atoms with Gasteiger partial charge in [0.1, 0.15) is 6.61 Å². The topological polar surface area (TPSA) is 57.1 Å². The second kappa shape index (κ2) is 10.6. The number of benzene rings is 3. The number of hydrogen-bond acceptors (Lipinski definition) is 5. The van der Waals surface area contributed by atoms with Gasteiger partial charge in [0.15, 0.2) is 17.2 Å². The van der Waals surface area contributed by atoms with E-state index < -0.39 is 5.97 Å².